The molecule has 3 aromatic rings. The van der Waals surface area contributed by atoms with Gasteiger partial charge in [0.25, 0.3) is 0 Å². The number of anilines is 1. The number of alkyl halides is 4. The van der Waals surface area contributed by atoms with Crippen LogP contribution >= 0.6 is 23.2 Å². The summed E-state index contributed by atoms with van der Waals surface area (Å²) in [5.41, 5.74) is -1.91. The number of urea groups is 1. The number of pyridine rings is 1. The Morgan fingerprint density at radius 1 is 1.17 bits per heavy atom. The van der Waals surface area contributed by atoms with Gasteiger partial charge in [0.05, 0.1) is 21.3 Å². The predicted octanol–water partition coefficient (Wildman–Crippen LogP) is 6.05. The summed E-state index contributed by atoms with van der Waals surface area (Å²) >= 11 is 12.0. The zero-order valence-corrected chi connectivity index (χ0v) is 19.4. The second kappa shape index (κ2) is 9.63. The van der Waals surface area contributed by atoms with Crippen LogP contribution in [0.4, 0.5) is 28.0 Å². The van der Waals surface area contributed by atoms with Crippen molar-refractivity contribution in [2.24, 2.45) is 0 Å². The van der Waals surface area contributed by atoms with Crippen molar-refractivity contribution in [2.45, 2.75) is 31.3 Å². The van der Waals surface area contributed by atoms with Gasteiger partial charge in [-0.3, -0.25) is 4.98 Å². The van der Waals surface area contributed by atoms with E-state index >= 15 is 4.39 Å². The van der Waals surface area contributed by atoms with E-state index in [4.69, 9.17) is 32.8 Å². The molecule has 0 aliphatic carbocycles. The van der Waals surface area contributed by atoms with Gasteiger partial charge in [0.2, 0.25) is 0 Å². The van der Waals surface area contributed by atoms with Crippen molar-refractivity contribution >= 4 is 34.9 Å². The first-order chi connectivity index (χ1) is 16.5. The average Bonchev–Trinajstić information content (AvgIpc) is 3.28. The fraction of sp³-hybridized carbons (Fsp3) is 0.318. The monoisotopic (exact) mass is 532 g/mol. The molecule has 186 valence electrons. The highest BCUT2D eigenvalue weighted by atomic mass is 35.5. The van der Waals surface area contributed by atoms with E-state index in [0.29, 0.717) is 11.3 Å². The number of hydrogen-bond donors (Lipinski definition) is 2. The number of likely N-dealkylation sites (tertiary alicyclic amines) is 1. The Labute approximate surface area is 206 Å². The number of aromatic nitrogens is 2. The number of aliphatic hydroxyl groups is 1. The molecule has 1 aliphatic heterocycles. The van der Waals surface area contributed by atoms with Crippen LogP contribution in [-0.4, -0.2) is 39.3 Å². The fourth-order valence-electron chi connectivity index (χ4n) is 3.76. The van der Waals surface area contributed by atoms with Gasteiger partial charge in [-0.1, -0.05) is 28.4 Å². The summed E-state index contributed by atoms with van der Waals surface area (Å²) in [5, 5.41) is 14.9. The lowest BCUT2D eigenvalue weighted by atomic mass is 9.89. The highest BCUT2D eigenvalue weighted by Crippen LogP contribution is 2.41. The van der Waals surface area contributed by atoms with E-state index < -0.39 is 28.5 Å². The van der Waals surface area contributed by atoms with Gasteiger partial charge in [-0.2, -0.15) is 13.2 Å². The minimum atomic E-state index is -4.61. The SMILES string of the molecule is O=C(Nc1ccc(C(F)(F)F)c(Cl)c1)N1CCC(F)(c2ncc(-c3cc(CO)on3)cc2Cl)CC1. The number of carbonyl (C=O) groups excluding carboxylic acids is 1. The molecule has 3 heterocycles. The summed E-state index contributed by atoms with van der Waals surface area (Å²) < 4.78 is 59.2. The molecule has 1 fully saturated rings. The lowest BCUT2D eigenvalue weighted by Crippen LogP contribution is -2.45. The van der Waals surface area contributed by atoms with Gasteiger partial charge in [-0.25, -0.2) is 9.18 Å². The summed E-state index contributed by atoms with van der Waals surface area (Å²) in [5.74, 6) is 0.256. The second-order valence-corrected chi connectivity index (χ2v) is 8.78. The molecule has 0 saturated carbocycles. The minimum absolute atomic E-state index is 0.0274. The maximum Gasteiger partial charge on any atom is 0.417 e. The van der Waals surface area contributed by atoms with Crippen molar-refractivity contribution in [3.8, 4) is 11.3 Å². The molecule has 2 aromatic heterocycles. The van der Waals surface area contributed by atoms with Gasteiger partial charge in [-0.05, 0) is 24.3 Å². The van der Waals surface area contributed by atoms with Crippen molar-refractivity contribution < 1.29 is 32.0 Å². The Morgan fingerprint density at radius 3 is 2.46 bits per heavy atom. The summed E-state index contributed by atoms with van der Waals surface area (Å²) in [4.78, 5) is 18.1. The fourth-order valence-corrected chi connectivity index (χ4v) is 4.38. The van der Waals surface area contributed by atoms with Gasteiger partial charge in [0.1, 0.15) is 12.3 Å². The van der Waals surface area contributed by atoms with Crippen LogP contribution in [0.15, 0.2) is 41.1 Å². The standard InChI is InChI=1S/C22H18Cl2F4N4O3/c23-16-8-13(1-2-15(16)22(26,27)28)30-20(34)32-5-3-21(25,4-6-32)19-17(24)7-12(10-29-19)18-9-14(11-33)35-31-18/h1-2,7-10,33H,3-6,11H2,(H,30,34). The highest BCUT2D eigenvalue weighted by molar-refractivity contribution is 6.32. The quantitative estimate of drug-likeness (QED) is 0.399. The van der Waals surface area contributed by atoms with E-state index in [1.165, 1.54) is 23.2 Å². The van der Waals surface area contributed by atoms with E-state index in [2.05, 4.69) is 15.5 Å². The Bertz CT molecular complexity index is 1240. The predicted molar refractivity (Wildman–Crippen MR) is 120 cm³/mol. The van der Waals surface area contributed by atoms with Gasteiger partial charge in [0.15, 0.2) is 11.4 Å². The van der Waals surface area contributed by atoms with E-state index in [1.807, 2.05) is 0 Å². The number of rotatable bonds is 4. The van der Waals surface area contributed by atoms with E-state index in [0.717, 1.165) is 18.2 Å². The molecule has 0 radical (unpaired) electrons. The third-order valence-electron chi connectivity index (χ3n) is 5.65. The first-order valence-corrected chi connectivity index (χ1v) is 11.1. The number of carbonyl (C=O) groups is 1. The van der Waals surface area contributed by atoms with Crippen molar-refractivity contribution in [1.29, 1.82) is 0 Å². The van der Waals surface area contributed by atoms with Gasteiger partial charge in [-0.15, -0.1) is 0 Å². The average molecular weight is 533 g/mol. The Kier molecular flexibility index (Phi) is 6.94. The molecular formula is C22H18Cl2F4N4O3. The lowest BCUT2D eigenvalue weighted by molar-refractivity contribution is -0.137. The normalized spacial score (nSPS) is 15.8. The molecule has 35 heavy (non-hydrogen) atoms. The first kappa shape index (κ1) is 25.2. The summed E-state index contributed by atoms with van der Waals surface area (Å²) in [6.07, 6.45) is -3.38. The second-order valence-electron chi connectivity index (χ2n) is 7.97. The van der Waals surface area contributed by atoms with Crippen molar-refractivity contribution in [2.75, 3.05) is 18.4 Å². The van der Waals surface area contributed by atoms with Crippen LogP contribution < -0.4 is 5.32 Å². The molecule has 4 rings (SSSR count). The molecular weight excluding hydrogens is 515 g/mol. The van der Waals surface area contributed by atoms with Crippen LogP contribution in [-0.2, 0) is 18.5 Å². The summed E-state index contributed by atoms with van der Waals surface area (Å²) in [7, 11) is 0. The zero-order valence-electron chi connectivity index (χ0n) is 17.9. The van der Waals surface area contributed by atoms with Gasteiger partial charge >= 0.3 is 12.2 Å². The minimum Gasteiger partial charge on any atom is -0.388 e. The Morgan fingerprint density at radius 2 is 1.89 bits per heavy atom. The topological polar surface area (TPSA) is 91.5 Å². The van der Waals surface area contributed by atoms with Crippen molar-refractivity contribution in [3.05, 3.63) is 63.6 Å². The van der Waals surface area contributed by atoms with Crippen LogP contribution in [0.25, 0.3) is 11.3 Å². The zero-order chi connectivity index (χ0) is 25.4. The number of benzene rings is 1. The van der Waals surface area contributed by atoms with Crippen LogP contribution in [0.1, 0.15) is 29.9 Å². The molecule has 2 amide bonds. The largest absolute Gasteiger partial charge is 0.417 e. The maximum absolute atomic E-state index is 15.7. The molecule has 0 atom stereocenters. The number of nitrogens with zero attached hydrogens (tertiary/aromatic N) is 3. The molecule has 0 bridgehead atoms. The number of amides is 2. The Hall–Kier alpha value is -2.89. The van der Waals surface area contributed by atoms with Crippen molar-refractivity contribution in [3.63, 3.8) is 0 Å². The van der Waals surface area contributed by atoms with Crippen LogP contribution in [0.2, 0.25) is 10.0 Å². The van der Waals surface area contributed by atoms with Crippen LogP contribution in [0.5, 0.6) is 0 Å². The van der Waals surface area contributed by atoms with Gasteiger partial charge < -0.3 is 19.8 Å². The molecule has 2 N–H and O–H groups in total. The molecule has 13 heteroatoms. The van der Waals surface area contributed by atoms with E-state index in [9.17, 15) is 18.0 Å². The number of piperidine rings is 1. The molecule has 0 unspecified atom stereocenters. The molecule has 1 aromatic carbocycles. The lowest BCUT2D eigenvalue weighted by Gasteiger charge is -2.36. The third-order valence-corrected chi connectivity index (χ3v) is 6.25. The number of aliphatic hydroxyl groups excluding tert-OH is 1. The smallest absolute Gasteiger partial charge is 0.388 e. The summed E-state index contributed by atoms with van der Waals surface area (Å²) in [6.45, 7) is -0.269. The highest BCUT2D eigenvalue weighted by Gasteiger charge is 2.40. The summed E-state index contributed by atoms with van der Waals surface area (Å²) in [6, 6.07) is 5.30. The van der Waals surface area contributed by atoms with Crippen LogP contribution in [0, 0.1) is 0 Å². The number of nitrogens with one attached hydrogen (secondary N) is 1. The maximum atomic E-state index is 15.7. The van der Waals surface area contributed by atoms with Crippen molar-refractivity contribution in [1.82, 2.24) is 15.0 Å². The molecule has 1 aliphatic rings. The molecule has 0 spiro atoms. The van der Waals surface area contributed by atoms with Gasteiger partial charge in [0, 0.05) is 49.4 Å². The Balaban J connectivity index is 1.41. The van der Waals surface area contributed by atoms with E-state index in [-0.39, 0.29) is 54.7 Å². The van der Waals surface area contributed by atoms with Crippen LogP contribution in [0.3, 0.4) is 0 Å². The number of hydrogen-bond acceptors (Lipinski definition) is 5. The number of halogens is 6. The first-order valence-electron chi connectivity index (χ1n) is 10.3. The molecule has 1 saturated heterocycles. The third kappa shape index (κ3) is 5.36. The molecule has 7 nitrogen and oxygen atoms in total. The van der Waals surface area contributed by atoms with E-state index in [1.54, 1.807) is 0 Å².